The third-order valence-corrected chi connectivity index (χ3v) is 5.14. The number of nitrogens with one attached hydrogen (secondary N) is 1. The molecule has 3 rings (SSSR count). The van der Waals surface area contributed by atoms with Gasteiger partial charge in [0.25, 0.3) is 0 Å². The number of hydrogen-bond acceptors (Lipinski definition) is 3. The van der Waals surface area contributed by atoms with Crippen LogP contribution in [0.2, 0.25) is 0 Å². The number of hydrogen-bond donors (Lipinski definition) is 1. The van der Waals surface area contributed by atoms with Crippen LogP contribution in [0.25, 0.3) is 0 Å². The zero-order valence-electron chi connectivity index (χ0n) is 13.8. The number of fused-ring (bicyclic) bond motifs is 1. The molecule has 3 nitrogen and oxygen atoms in total. The van der Waals surface area contributed by atoms with Gasteiger partial charge in [0, 0.05) is 31.5 Å². The highest BCUT2D eigenvalue weighted by Crippen LogP contribution is 2.42. The Hall–Kier alpha value is -1.06. The van der Waals surface area contributed by atoms with E-state index in [4.69, 9.17) is 9.47 Å². The molecular weight excluding hydrogens is 262 g/mol. The summed E-state index contributed by atoms with van der Waals surface area (Å²) in [6.07, 6.45) is 2.48. The summed E-state index contributed by atoms with van der Waals surface area (Å²) in [4.78, 5) is 0. The summed E-state index contributed by atoms with van der Waals surface area (Å²) in [5.74, 6) is 1.05. The second-order valence-corrected chi connectivity index (χ2v) is 7.70. The van der Waals surface area contributed by atoms with E-state index in [1.807, 2.05) is 7.11 Å². The molecule has 116 valence electrons. The van der Waals surface area contributed by atoms with E-state index in [2.05, 4.69) is 51.2 Å². The summed E-state index contributed by atoms with van der Waals surface area (Å²) in [5.41, 5.74) is 2.83. The van der Waals surface area contributed by atoms with Gasteiger partial charge in [-0.25, -0.2) is 0 Å². The van der Waals surface area contributed by atoms with E-state index >= 15 is 0 Å². The van der Waals surface area contributed by atoms with Crippen LogP contribution in [0.3, 0.4) is 0 Å². The molecule has 1 aliphatic carbocycles. The van der Waals surface area contributed by atoms with Gasteiger partial charge in [-0.1, -0.05) is 26.0 Å². The van der Waals surface area contributed by atoms with Gasteiger partial charge in [-0.3, -0.25) is 0 Å². The maximum atomic E-state index is 5.93. The van der Waals surface area contributed by atoms with E-state index in [1.165, 1.54) is 11.1 Å². The lowest BCUT2D eigenvalue weighted by molar-refractivity contribution is -0.0979. The molecule has 0 aromatic heterocycles. The number of methoxy groups -OCH3 is 1. The van der Waals surface area contributed by atoms with E-state index in [0.717, 1.165) is 25.1 Å². The van der Waals surface area contributed by atoms with Crippen LogP contribution < -0.4 is 10.1 Å². The zero-order valence-corrected chi connectivity index (χ0v) is 13.8. The Labute approximate surface area is 128 Å². The van der Waals surface area contributed by atoms with Gasteiger partial charge in [-0.05, 0) is 37.5 Å². The summed E-state index contributed by atoms with van der Waals surface area (Å²) in [6.45, 7) is 9.76. The third kappa shape index (κ3) is 2.69. The van der Waals surface area contributed by atoms with Crippen LogP contribution in [-0.4, -0.2) is 24.9 Å². The quantitative estimate of drug-likeness (QED) is 0.922. The molecule has 0 amide bonds. The molecule has 1 aliphatic heterocycles. The SMILES string of the molecule is COC1CC(NCc2ccc3c(c2)CC(C)(C)O3)C1(C)C. The van der Waals surface area contributed by atoms with Crippen molar-refractivity contribution in [2.75, 3.05) is 7.11 Å². The molecule has 0 radical (unpaired) electrons. The highest BCUT2D eigenvalue weighted by atomic mass is 16.5. The largest absolute Gasteiger partial charge is 0.487 e. The van der Waals surface area contributed by atoms with Crippen molar-refractivity contribution in [3.05, 3.63) is 29.3 Å². The Morgan fingerprint density at radius 1 is 1.29 bits per heavy atom. The number of benzene rings is 1. The Bertz CT molecular complexity index is 536. The first kappa shape index (κ1) is 14.9. The van der Waals surface area contributed by atoms with Gasteiger partial charge >= 0.3 is 0 Å². The minimum absolute atomic E-state index is 0.0595. The molecule has 0 bridgehead atoms. The van der Waals surface area contributed by atoms with Gasteiger partial charge in [0.15, 0.2) is 0 Å². The van der Waals surface area contributed by atoms with Crippen molar-refractivity contribution in [3.63, 3.8) is 0 Å². The number of ether oxygens (including phenoxy) is 2. The topological polar surface area (TPSA) is 30.5 Å². The van der Waals surface area contributed by atoms with E-state index in [9.17, 15) is 0 Å². The molecule has 1 aromatic carbocycles. The average molecular weight is 289 g/mol. The van der Waals surface area contributed by atoms with E-state index in [1.54, 1.807) is 0 Å². The second-order valence-electron chi connectivity index (χ2n) is 7.70. The minimum Gasteiger partial charge on any atom is -0.487 e. The van der Waals surface area contributed by atoms with Crippen molar-refractivity contribution in [1.82, 2.24) is 5.32 Å². The normalized spacial score (nSPS) is 28.6. The fourth-order valence-electron chi connectivity index (χ4n) is 3.65. The Balaban J connectivity index is 1.61. The first-order valence-corrected chi connectivity index (χ1v) is 7.89. The minimum atomic E-state index is -0.0595. The first-order valence-electron chi connectivity index (χ1n) is 7.89. The van der Waals surface area contributed by atoms with Crippen molar-refractivity contribution in [2.45, 2.75) is 64.8 Å². The number of rotatable bonds is 4. The van der Waals surface area contributed by atoms with Crippen molar-refractivity contribution >= 4 is 0 Å². The molecule has 21 heavy (non-hydrogen) atoms. The van der Waals surface area contributed by atoms with Gasteiger partial charge in [-0.2, -0.15) is 0 Å². The lowest BCUT2D eigenvalue weighted by atomic mass is 9.64. The summed E-state index contributed by atoms with van der Waals surface area (Å²) >= 11 is 0. The summed E-state index contributed by atoms with van der Waals surface area (Å²) in [7, 11) is 1.81. The summed E-state index contributed by atoms with van der Waals surface area (Å²) in [6, 6.07) is 7.11. The van der Waals surface area contributed by atoms with Gasteiger partial charge < -0.3 is 14.8 Å². The fraction of sp³-hybridized carbons (Fsp3) is 0.667. The van der Waals surface area contributed by atoms with Crippen LogP contribution in [0, 0.1) is 5.41 Å². The molecule has 0 saturated heterocycles. The zero-order chi connectivity index (χ0) is 15.3. The second kappa shape index (κ2) is 4.99. The monoisotopic (exact) mass is 289 g/mol. The van der Waals surface area contributed by atoms with Crippen molar-refractivity contribution in [1.29, 1.82) is 0 Å². The van der Waals surface area contributed by atoms with Crippen LogP contribution in [-0.2, 0) is 17.7 Å². The van der Waals surface area contributed by atoms with Gasteiger partial charge in [-0.15, -0.1) is 0 Å². The van der Waals surface area contributed by atoms with Crippen molar-refractivity contribution < 1.29 is 9.47 Å². The molecule has 1 saturated carbocycles. The first-order chi connectivity index (χ1) is 9.82. The lowest BCUT2D eigenvalue weighted by Crippen LogP contribution is -2.60. The summed E-state index contributed by atoms with van der Waals surface area (Å²) < 4.78 is 11.4. The lowest BCUT2D eigenvalue weighted by Gasteiger charge is -2.51. The highest BCUT2D eigenvalue weighted by Gasteiger charge is 2.48. The molecular formula is C18H27NO2. The van der Waals surface area contributed by atoms with Crippen LogP contribution in [0.1, 0.15) is 45.2 Å². The molecule has 2 aliphatic rings. The molecule has 1 aromatic rings. The van der Waals surface area contributed by atoms with Crippen LogP contribution in [0.15, 0.2) is 18.2 Å². The Morgan fingerprint density at radius 3 is 2.71 bits per heavy atom. The van der Waals surface area contributed by atoms with Crippen LogP contribution in [0.5, 0.6) is 5.75 Å². The van der Waals surface area contributed by atoms with Crippen molar-refractivity contribution in [2.24, 2.45) is 5.41 Å². The van der Waals surface area contributed by atoms with E-state index in [-0.39, 0.29) is 11.0 Å². The molecule has 0 spiro atoms. The van der Waals surface area contributed by atoms with E-state index < -0.39 is 0 Å². The molecule has 1 fully saturated rings. The van der Waals surface area contributed by atoms with Crippen LogP contribution in [0.4, 0.5) is 0 Å². The summed E-state index contributed by atoms with van der Waals surface area (Å²) in [5, 5.41) is 3.68. The smallest absolute Gasteiger partial charge is 0.123 e. The highest BCUT2D eigenvalue weighted by molar-refractivity contribution is 5.41. The predicted molar refractivity (Wildman–Crippen MR) is 84.7 cm³/mol. The Morgan fingerprint density at radius 2 is 2.05 bits per heavy atom. The fourth-order valence-corrected chi connectivity index (χ4v) is 3.65. The molecule has 1 N–H and O–H groups in total. The maximum absolute atomic E-state index is 5.93. The predicted octanol–water partition coefficient (Wildman–Crippen LogP) is 3.30. The van der Waals surface area contributed by atoms with Crippen molar-refractivity contribution in [3.8, 4) is 5.75 Å². The standard InChI is InChI=1S/C18H27NO2/c1-17(2)10-13-8-12(6-7-14(13)21-17)11-19-15-9-16(20-5)18(15,3)4/h6-8,15-16,19H,9-11H2,1-5H3. The molecule has 2 atom stereocenters. The molecule has 1 heterocycles. The van der Waals surface area contributed by atoms with E-state index in [0.29, 0.717) is 12.1 Å². The van der Waals surface area contributed by atoms with Gasteiger partial charge in [0.2, 0.25) is 0 Å². The van der Waals surface area contributed by atoms with Gasteiger partial charge in [0.05, 0.1) is 6.10 Å². The maximum Gasteiger partial charge on any atom is 0.123 e. The Kier molecular flexibility index (Phi) is 3.53. The average Bonchev–Trinajstić information content (AvgIpc) is 2.70. The van der Waals surface area contributed by atoms with Gasteiger partial charge in [0.1, 0.15) is 11.4 Å². The molecule has 3 heteroatoms. The molecule has 2 unspecified atom stereocenters. The van der Waals surface area contributed by atoms with Crippen LogP contribution >= 0.6 is 0 Å². The third-order valence-electron chi connectivity index (χ3n) is 5.14.